The highest BCUT2D eigenvalue weighted by Crippen LogP contribution is 2.36. The predicted molar refractivity (Wildman–Crippen MR) is 105 cm³/mol. The minimum atomic E-state index is -0.700. The zero-order valence-electron chi connectivity index (χ0n) is 15.5. The summed E-state index contributed by atoms with van der Waals surface area (Å²) in [7, 11) is 1.43. The van der Waals surface area contributed by atoms with Crippen molar-refractivity contribution in [2.24, 2.45) is 0 Å². The Bertz CT molecular complexity index is 1000. The fourth-order valence-electron chi connectivity index (χ4n) is 2.73. The first-order valence-corrected chi connectivity index (χ1v) is 9.05. The quantitative estimate of drug-likeness (QED) is 0.683. The third-order valence-corrected chi connectivity index (χ3v) is 4.66. The molecular weight excluding hydrogens is 407 g/mol. The van der Waals surface area contributed by atoms with Gasteiger partial charge in [-0.3, -0.25) is 14.2 Å². The number of ketones is 1. The Labute approximate surface area is 171 Å². The largest absolute Gasteiger partial charge is 0.494 e. The van der Waals surface area contributed by atoms with Gasteiger partial charge in [0.1, 0.15) is 11.6 Å². The monoisotopic (exact) mass is 424 g/mol. The normalized spacial score (nSPS) is 10.6. The standard InChI is InChI=1S/C19H18Cl2N2O5/c1-4-28-17-13(20)7-11(8-14(17)21)16(24)15-10(2)12(9-22)18(25)23(19(15)26)5-6-27-3/h7-8,26H,4-6H2,1-3H3. The zero-order chi connectivity index (χ0) is 21.0. The van der Waals surface area contributed by atoms with E-state index in [0.29, 0.717) is 6.61 Å². The highest BCUT2D eigenvalue weighted by molar-refractivity contribution is 6.38. The van der Waals surface area contributed by atoms with E-state index >= 15 is 0 Å². The molecule has 0 fully saturated rings. The Kier molecular flexibility index (Phi) is 7.08. The van der Waals surface area contributed by atoms with Gasteiger partial charge in [0.25, 0.3) is 5.56 Å². The molecule has 0 spiro atoms. The number of nitriles is 1. The molecule has 0 unspecified atom stereocenters. The molecule has 1 aromatic heterocycles. The Morgan fingerprint density at radius 2 is 1.93 bits per heavy atom. The number of aromatic hydroxyl groups is 1. The average molecular weight is 425 g/mol. The summed E-state index contributed by atoms with van der Waals surface area (Å²) in [5, 5.41) is 20.2. The lowest BCUT2D eigenvalue weighted by Crippen LogP contribution is -2.28. The van der Waals surface area contributed by atoms with E-state index in [1.165, 1.54) is 26.2 Å². The number of carbonyl (C=O) groups is 1. The summed E-state index contributed by atoms with van der Waals surface area (Å²) in [5.41, 5.74) is -0.958. The van der Waals surface area contributed by atoms with E-state index in [9.17, 15) is 20.0 Å². The predicted octanol–water partition coefficient (Wildman–Crippen LogP) is 3.32. The van der Waals surface area contributed by atoms with Crippen molar-refractivity contribution in [3.05, 3.63) is 54.8 Å². The molecule has 0 aliphatic rings. The molecule has 2 aromatic rings. The number of pyridine rings is 1. The van der Waals surface area contributed by atoms with E-state index in [0.717, 1.165) is 4.57 Å². The van der Waals surface area contributed by atoms with Gasteiger partial charge < -0.3 is 14.6 Å². The van der Waals surface area contributed by atoms with Crippen LogP contribution in [-0.4, -0.2) is 35.8 Å². The van der Waals surface area contributed by atoms with Crippen LogP contribution in [0.5, 0.6) is 11.6 Å². The summed E-state index contributed by atoms with van der Waals surface area (Å²) in [6.07, 6.45) is 0. The van der Waals surface area contributed by atoms with Gasteiger partial charge in [0.2, 0.25) is 5.88 Å². The maximum Gasteiger partial charge on any atom is 0.271 e. The lowest BCUT2D eigenvalue weighted by Gasteiger charge is -2.16. The molecule has 0 bridgehead atoms. The summed E-state index contributed by atoms with van der Waals surface area (Å²) in [6.45, 7) is 3.60. The van der Waals surface area contributed by atoms with Gasteiger partial charge in [0.05, 0.1) is 35.4 Å². The topological polar surface area (TPSA) is 102 Å². The van der Waals surface area contributed by atoms with E-state index in [2.05, 4.69) is 0 Å². The van der Waals surface area contributed by atoms with Gasteiger partial charge in [-0.1, -0.05) is 23.2 Å². The maximum atomic E-state index is 13.1. The lowest BCUT2D eigenvalue weighted by molar-refractivity contribution is 0.103. The van der Waals surface area contributed by atoms with E-state index in [1.54, 1.807) is 13.0 Å². The molecule has 0 aliphatic heterocycles. The van der Waals surface area contributed by atoms with Gasteiger partial charge >= 0.3 is 0 Å². The van der Waals surface area contributed by atoms with Crippen LogP contribution in [0.2, 0.25) is 10.0 Å². The van der Waals surface area contributed by atoms with Crippen LogP contribution >= 0.6 is 23.2 Å². The molecule has 7 nitrogen and oxygen atoms in total. The zero-order valence-corrected chi connectivity index (χ0v) is 17.0. The van der Waals surface area contributed by atoms with Gasteiger partial charge in [0.15, 0.2) is 11.5 Å². The SMILES string of the molecule is CCOc1c(Cl)cc(C(=O)c2c(C)c(C#N)c(=O)n(CCOC)c2O)cc1Cl. The van der Waals surface area contributed by atoms with Gasteiger partial charge in [-0.2, -0.15) is 5.26 Å². The van der Waals surface area contributed by atoms with E-state index < -0.39 is 17.2 Å². The van der Waals surface area contributed by atoms with Gasteiger partial charge in [-0.25, -0.2) is 0 Å². The summed E-state index contributed by atoms with van der Waals surface area (Å²) >= 11 is 12.3. The minimum absolute atomic E-state index is 0.0266. The number of benzene rings is 1. The molecule has 28 heavy (non-hydrogen) atoms. The van der Waals surface area contributed by atoms with Crippen molar-refractivity contribution >= 4 is 29.0 Å². The first-order valence-electron chi connectivity index (χ1n) is 8.30. The lowest BCUT2D eigenvalue weighted by atomic mass is 9.97. The molecule has 9 heteroatoms. The van der Waals surface area contributed by atoms with Crippen molar-refractivity contribution in [1.29, 1.82) is 5.26 Å². The highest BCUT2D eigenvalue weighted by atomic mass is 35.5. The van der Waals surface area contributed by atoms with Crippen molar-refractivity contribution in [2.75, 3.05) is 20.3 Å². The highest BCUT2D eigenvalue weighted by Gasteiger charge is 2.26. The van der Waals surface area contributed by atoms with Crippen LogP contribution < -0.4 is 10.3 Å². The molecule has 2 rings (SSSR count). The van der Waals surface area contributed by atoms with E-state index in [4.69, 9.17) is 32.7 Å². The minimum Gasteiger partial charge on any atom is -0.494 e. The van der Waals surface area contributed by atoms with Crippen molar-refractivity contribution in [2.45, 2.75) is 20.4 Å². The molecule has 148 valence electrons. The Balaban J connectivity index is 2.69. The molecule has 1 heterocycles. The third kappa shape index (κ3) is 3.99. The van der Waals surface area contributed by atoms with Crippen LogP contribution in [-0.2, 0) is 11.3 Å². The van der Waals surface area contributed by atoms with Crippen molar-refractivity contribution < 1.29 is 19.4 Å². The maximum absolute atomic E-state index is 13.1. The molecule has 0 atom stereocenters. The summed E-state index contributed by atoms with van der Waals surface area (Å²) in [5.74, 6) is -0.944. The second kappa shape index (κ2) is 9.11. The Morgan fingerprint density at radius 3 is 2.43 bits per heavy atom. The third-order valence-electron chi connectivity index (χ3n) is 4.10. The summed E-state index contributed by atoms with van der Waals surface area (Å²) in [4.78, 5) is 25.5. The molecule has 1 N–H and O–H groups in total. The molecule has 0 amide bonds. The van der Waals surface area contributed by atoms with Crippen LogP contribution in [0.25, 0.3) is 0 Å². The van der Waals surface area contributed by atoms with Gasteiger partial charge in [0, 0.05) is 12.7 Å². The number of halogens is 2. The number of hydrogen-bond acceptors (Lipinski definition) is 6. The number of methoxy groups -OCH3 is 1. The molecule has 0 saturated carbocycles. The second-order valence-electron chi connectivity index (χ2n) is 5.79. The molecular formula is C19H18Cl2N2O5. The molecule has 0 aliphatic carbocycles. The van der Waals surface area contributed by atoms with Crippen LogP contribution in [0.1, 0.15) is 34.0 Å². The number of aromatic nitrogens is 1. The van der Waals surface area contributed by atoms with Crippen LogP contribution in [0, 0.1) is 18.3 Å². The average Bonchev–Trinajstić information content (AvgIpc) is 2.64. The smallest absolute Gasteiger partial charge is 0.271 e. The van der Waals surface area contributed by atoms with Crippen molar-refractivity contribution in [1.82, 2.24) is 4.57 Å². The number of hydrogen-bond donors (Lipinski definition) is 1. The van der Waals surface area contributed by atoms with Gasteiger partial charge in [-0.05, 0) is 31.5 Å². The first-order chi connectivity index (χ1) is 13.3. The number of rotatable bonds is 7. The molecule has 1 aromatic carbocycles. The fourth-order valence-corrected chi connectivity index (χ4v) is 3.33. The first kappa shape index (κ1) is 21.8. The summed E-state index contributed by atoms with van der Waals surface area (Å²) < 4.78 is 11.2. The van der Waals surface area contributed by atoms with Crippen LogP contribution in [0.4, 0.5) is 0 Å². The van der Waals surface area contributed by atoms with Crippen LogP contribution in [0.15, 0.2) is 16.9 Å². The number of nitrogens with zero attached hydrogens (tertiary/aromatic N) is 2. The van der Waals surface area contributed by atoms with E-state index in [1.807, 2.05) is 0 Å². The fraction of sp³-hybridized carbons (Fsp3) is 0.316. The van der Waals surface area contributed by atoms with Gasteiger partial charge in [-0.15, -0.1) is 0 Å². The van der Waals surface area contributed by atoms with Crippen molar-refractivity contribution in [3.63, 3.8) is 0 Å². The Hall–Kier alpha value is -2.53. The molecule has 0 saturated heterocycles. The number of carbonyl (C=O) groups excluding carboxylic acids is 1. The van der Waals surface area contributed by atoms with Crippen LogP contribution in [0.3, 0.4) is 0 Å². The number of ether oxygens (including phenoxy) is 2. The summed E-state index contributed by atoms with van der Waals surface area (Å²) in [6, 6.07) is 4.51. The van der Waals surface area contributed by atoms with Crippen molar-refractivity contribution in [3.8, 4) is 17.7 Å². The second-order valence-corrected chi connectivity index (χ2v) is 6.61. The molecule has 0 radical (unpaired) electrons. The Morgan fingerprint density at radius 1 is 1.32 bits per heavy atom. The van der Waals surface area contributed by atoms with E-state index in [-0.39, 0.29) is 51.2 Å².